The molecule has 8 heteroatoms. The van der Waals surface area contributed by atoms with Crippen molar-refractivity contribution in [2.24, 2.45) is 0 Å². The second-order valence-corrected chi connectivity index (χ2v) is 8.39. The topological polar surface area (TPSA) is 75.5 Å². The summed E-state index contributed by atoms with van der Waals surface area (Å²) in [6, 6.07) is 6.02. The monoisotopic (exact) mass is 419 g/mol. The van der Waals surface area contributed by atoms with Gasteiger partial charge in [0.2, 0.25) is 0 Å². The van der Waals surface area contributed by atoms with Crippen LogP contribution < -0.4 is 9.47 Å². The van der Waals surface area contributed by atoms with E-state index in [1.54, 1.807) is 14.2 Å². The first-order chi connectivity index (χ1) is 14.1. The lowest BCUT2D eigenvalue weighted by molar-refractivity contribution is -0.142. The molecule has 29 heavy (non-hydrogen) atoms. The molecule has 1 fully saturated rings. The Bertz CT molecular complexity index is 811. The van der Waals surface area contributed by atoms with E-state index in [2.05, 4.69) is 14.8 Å². The Hall–Kier alpha value is -2.22. The maximum absolute atomic E-state index is 12.1. The molecule has 1 aliphatic carbocycles. The van der Waals surface area contributed by atoms with Gasteiger partial charge < -0.3 is 14.2 Å². The Morgan fingerprint density at radius 1 is 1.14 bits per heavy atom. The standard InChI is InChI=1S/C21H29N3O4S/c1-5-28-20(25)14(2)29-21-23-22-19(24(21)16-9-7-6-8-10-16)15-11-17(26-3)13-18(12-15)27-4/h11-14,16H,5-10H2,1-4H3/t14-/m1/s1. The van der Waals surface area contributed by atoms with Crippen molar-refractivity contribution in [3.8, 4) is 22.9 Å². The van der Waals surface area contributed by atoms with Crippen molar-refractivity contribution in [1.82, 2.24) is 14.8 Å². The maximum atomic E-state index is 12.1. The van der Waals surface area contributed by atoms with Gasteiger partial charge in [-0.1, -0.05) is 31.0 Å². The molecule has 0 saturated heterocycles. The summed E-state index contributed by atoms with van der Waals surface area (Å²) in [5.74, 6) is 1.94. The molecule has 7 nitrogen and oxygen atoms in total. The number of methoxy groups -OCH3 is 2. The van der Waals surface area contributed by atoms with E-state index in [0.29, 0.717) is 24.1 Å². The summed E-state index contributed by atoms with van der Waals surface area (Å²) in [6.45, 7) is 4.03. The Morgan fingerprint density at radius 3 is 2.38 bits per heavy atom. The van der Waals surface area contributed by atoms with Crippen LogP contribution in [0.2, 0.25) is 0 Å². The van der Waals surface area contributed by atoms with Crippen LogP contribution in [0.4, 0.5) is 0 Å². The van der Waals surface area contributed by atoms with E-state index in [1.807, 2.05) is 32.0 Å². The first-order valence-electron chi connectivity index (χ1n) is 10.1. The summed E-state index contributed by atoms with van der Waals surface area (Å²) in [5, 5.41) is 9.34. The van der Waals surface area contributed by atoms with Crippen LogP contribution in [0.3, 0.4) is 0 Å². The molecular weight excluding hydrogens is 390 g/mol. The van der Waals surface area contributed by atoms with Gasteiger partial charge in [0, 0.05) is 17.7 Å². The molecule has 2 aromatic rings. The highest BCUT2D eigenvalue weighted by Gasteiger charge is 2.27. The van der Waals surface area contributed by atoms with Crippen LogP contribution in [0.5, 0.6) is 11.5 Å². The zero-order valence-corrected chi connectivity index (χ0v) is 18.3. The van der Waals surface area contributed by atoms with Crippen LogP contribution in [0.25, 0.3) is 11.4 Å². The smallest absolute Gasteiger partial charge is 0.319 e. The van der Waals surface area contributed by atoms with E-state index in [4.69, 9.17) is 14.2 Å². The summed E-state index contributed by atoms with van der Waals surface area (Å²) in [5.41, 5.74) is 0.884. The van der Waals surface area contributed by atoms with Crippen molar-refractivity contribution in [3.05, 3.63) is 18.2 Å². The lowest BCUT2D eigenvalue weighted by atomic mass is 9.95. The zero-order chi connectivity index (χ0) is 20.8. The summed E-state index contributed by atoms with van der Waals surface area (Å²) in [7, 11) is 3.26. The van der Waals surface area contributed by atoms with Crippen molar-refractivity contribution in [2.45, 2.75) is 62.4 Å². The molecule has 0 aliphatic heterocycles. The number of hydrogen-bond acceptors (Lipinski definition) is 7. The number of hydrogen-bond donors (Lipinski definition) is 0. The number of rotatable bonds is 8. The minimum absolute atomic E-state index is 0.236. The average molecular weight is 420 g/mol. The third kappa shape index (κ3) is 5.04. The number of nitrogens with zero attached hydrogens (tertiary/aromatic N) is 3. The first kappa shape index (κ1) is 21.5. The van der Waals surface area contributed by atoms with Crippen molar-refractivity contribution >= 4 is 17.7 Å². The van der Waals surface area contributed by atoms with Gasteiger partial charge in [-0.15, -0.1) is 10.2 Å². The highest BCUT2D eigenvalue weighted by molar-refractivity contribution is 8.00. The molecule has 3 rings (SSSR count). The number of ether oxygens (including phenoxy) is 3. The minimum atomic E-state index is -0.353. The van der Waals surface area contributed by atoms with Gasteiger partial charge in [-0.2, -0.15) is 0 Å². The van der Waals surface area contributed by atoms with E-state index < -0.39 is 0 Å². The molecule has 0 bridgehead atoms. The lowest BCUT2D eigenvalue weighted by Crippen LogP contribution is -2.19. The predicted octanol–water partition coefficient (Wildman–Crippen LogP) is 4.51. The second-order valence-electron chi connectivity index (χ2n) is 7.08. The molecule has 0 unspecified atom stereocenters. The number of carbonyl (C=O) groups is 1. The number of aromatic nitrogens is 3. The summed E-state index contributed by atoms with van der Waals surface area (Å²) < 4.78 is 18.2. The third-order valence-electron chi connectivity index (χ3n) is 5.11. The van der Waals surface area contributed by atoms with E-state index >= 15 is 0 Å². The minimum Gasteiger partial charge on any atom is -0.497 e. The highest BCUT2D eigenvalue weighted by Crippen LogP contribution is 2.38. The fourth-order valence-electron chi connectivity index (χ4n) is 3.62. The molecule has 1 aromatic carbocycles. The molecule has 0 spiro atoms. The second kappa shape index (κ2) is 10.0. The summed E-state index contributed by atoms with van der Waals surface area (Å²) >= 11 is 1.40. The molecule has 158 valence electrons. The Balaban J connectivity index is 2.01. The molecule has 1 saturated carbocycles. The van der Waals surface area contributed by atoms with E-state index in [1.165, 1.54) is 31.0 Å². The highest BCUT2D eigenvalue weighted by atomic mass is 32.2. The molecule has 0 amide bonds. The van der Waals surface area contributed by atoms with Crippen LogP contribution in [-0.2, 0) is 9.53 Å². The van der Waals surface area contributed by atoms with Crippen LogP contribution in [-0.4, -0.2) is 46.8 Å². The van der Waals surface area contributed by atoms with Gasteiger partial charge in [-0.3, -0.25) is 9.36 Å². The molecule has 1 aromatic heterocycles. The number of benzene rings is 1. The molecular formula is C21H29N3O4S. The van der Waals surface area contributed by atoms with Gasteiger partial charge >= 0.3 is 5.97 Å². The quantitative estimate of drug-likeness (QED) is 0.460. The van der Waals surface area contributed by atoms with Gasteiger partial charge in [-0.05, 0) is 38.8 Å². The SMILES string of the molecule is CCOC(=O)[C@@H](C)Sc1nnc(-c2cc(OC)cc(OC)c2)n1C1CCCCC1. The Morgan fingerprint density at radius 2 is 1.79 bits per heavy atom. The molecule has 0 radical (unpaired) electrons. The van der Waals surface area contributed by atoms with Gasteiger partial charge in [0.05, 0.1) is 20.8 Å². The Kier molecular flexibility index (Phi) is 7.41. The fraction of sp³-hybridized carbons (Fsp3) is 0.571. The van der Waals surface area contributed by atoms with E-state index in [0.717, 1.165) is 29.4 Å². The lowest BCUT2D eigenvalue weighted by Gasteiger charge is -2.26. The van der Waals surface area contributed by atoms with Crippen molar-refractivity contribution in [3.63, 3.8) is 0 Å². The van der Waals surface area contributed by atoms with Gasteiger partial charge in [0.15, 0.2) is 11.0 Å². The first-order valence-corrected chi connectivity index (χ1v) is 11.0. The van der Waals surface area contributed by atoms with Crippen molar-refractivity contribution < 1.29 is 19.0 Å². The largest absolute Gasteiger partial charge is 0.497 e. The average Bonchev–Trinajstić information content (AvgIpc) is 3.17. The third-order valence-corrected chi connectivity index (χ3v) is 6.15. The Labute approximate surface area is 176 Å². The van der Waals surface area contributed by atoms with E-state index in [9.17, 15) is 4.79 Å². The van der Waals surface area contributed by atoms with Crippen LogP contribution in [0.15, 0.2) is 23.4 Å². The van der Waals surface area contributed by atoms with Gasteiger partial charge in [-0.25, -0.2) is 0 Å². The van der Waals surface area contributed by atoms with Crippen molar-refractivity contribution in [2.75, 3.05) is 20.8 Å². The number of thioether (sulfide) groups is 1. The van der Waals surface area contributed by atoms with Gasteiger partial charge in [0.1, 0.15) is 16.7 Å². The molecule has 1 heterocycles. The summed E-state index contributed by atoms with van der Waals surface area (Å²) in [4.78, 5) is 12.1. The predicted molar refractivity (Wildman–Crippen MR) is 113 cm³/mol. The van der Waals surface area contributed by atoms with Gasteiger partial charge in [0.25, 0.3) is 0 Å². The fourth-order valence-corrected chi connectivity index (χ4v) is 4.54. The number of carbonyl (C=O) groups excluding carboxylic acids is 1. The van der Waals surface area contributed by atoms with Crippen molar-refractivity contribution in [1.29, 1.82) is 0 Å². The van der Waals surface area contributed by atoms with Crippen LogP contribution >= 0.6 is 11.8 Å². The maximum Gasteiger partial charge on any atom is 0.319 e. The van der Waals surface area contributed by atoms with E-state index in [-0.39, 0.29) is 11.2 Å². The number of esters is 1. The molecule has 0 N–H and O–H groups in total. The van der Waals surface area contributed by atoms with Crippen LogP contribution in [0.1, 0.15) is 52.0 Å². The zero-order valence-electron chi connectivity index (χ0n) is 17.5. The normalized spacial score (nSPS) is 15.7. The van der Waals surface area contributed by atoms with Crippen LogP contribution in [0, 0.1) is 0 Å². The molecule has 1 aliphatic rings. The molecule has 1 atom stereocenters. The summed E-state index contributed by atoms with van der Waals surface area (Å²) in [6.07, 6.45) is 5.77.